The molecule has 0 fully saturated rings. The van der Waals surface area contributed by atoms with Crippen molar-refractivity contribution in [3.8, 4) is 5.75 Å². The summed E-state index contributed by atoms with van der Waals surface area (Å²) in [5.74, 6) is -0.0688. The van der Waals surface area contributed by atoms with Crippen LogP contribution in [0.15, 0.2) is 24.3 Å². The summed E-state index contributed by atoms with van der Waals surface area (Å²) < 4.78 is 10.1. The van der Waals surface area contributed by atoms with Crippen molar-refractivity contribution in [3.05, 3.63) is 24.3 Å². The van der Waals surface area contributed by atoms with Crippen molar-refractivity contribution >= 4 is 23.4 Å². The maximum absolute atomic E-state index is 12.4. The van der Waals surface area contributed by atoms with Gasteiger partial charge in [-0.05, 0) is 37.1 Å². The molecule has 0 radical (unpaired) electrons. The average Bonchev–Trinajstić information content (AvgIpc) is 2.72. The Morgan fingerprint density at radius 3 is 2.34 bits per heavy atom. The molecule has 0 aliphatic carbocycles. The summed E-state index contributed by atoms with van der Waals surface area (Å²) in [5, 5.41) is 5.26. The number of hydrogen-bond acceptors (Lipinski definition) is 5. The third-order valence-electron chi connectivity index (χ3n) is 4.28. The first-order chi connectivity index (χ1) is 14.0. The zero-order valence-corrected chi connectivity index (χ0v) is 17.7. The molecule has 1 aromatic rings. The topological polar surface area (TPSA) is 97.0 Å². The van der Waals surface area contributed by atoms with Gasteiger partial charge < -0.3 is 25.0 Å². The second kappa shape index (κ2) is 14.4. The van der Waals surface area contributed by atoms with E-state index in [-0.39, 0.29) is 30.8 Å². The van der Waals surface area contributed by atoms with Crippen LogP contribution in [0.3, 0.4) is 0 Å². The molecule has 0 unspecified atom stereocenters. The molecule has 0 aliphatic heterocycles. The average molecular weight is 408 g/mol. The Bertz CT molecular complexity index is 634. The van der Waals surface area contributed by atoms with Crippen LogP contribution in [-0.4, -0.2) is 63.1 Å². The minimum atomic E-state index is -0.365. The smallest absolute Gasteiger partial charge is 0.243 e. The number of unbranched alkanes of at least 4 members (excludes halogenated alkanes) is 2. The number of methoxy groups -OCH3 is 2. The van der Waals surface area contributed by atoms with Crippen molar-refractivity contribution in [2.24, 2.45) is 0 Å². The fourth-order valence-electron chi connectivity index (χ4n) is 2.66. The van der Waals surface area contributed by atoms with Crippen LogP contribution in [0.4, 0.5) is 5.69 Å². The van der Waals surface area contributed by atoms with Crippen LogP contribution in [0.5, 0.6) is 5.75 Å². The fraction of sp³-hybridized carbons (Fsp3) is 0.571. The largest absolute Gasteiger partial charge is 0.497 e. The van der Waals surface area contributed by atoms with Gasteiger partial charge in [0.25, 0.3) is 0 Å². The van der Waals surface area contributed by atoms with Crippen molar-refractivity contribution in [2.75, 3.05) is 45.8 Å². The first kappa shape index (κ1) is 24.4. The molecule has 1 rings (SSSR count). The lowest BCUT2D eigenvalue weighted by Gasteiger charge is -2.22. The van der Waals surface area contributed by atoms with Gasteiger partial charge in [-0.15, -0.1) is 0 Å². The summed E-state index contributed by atoms with van der Waals surface area (Å²) in [4.78, 5) is 38.2. The van der Waals surface area contributed by atoms with Crippen molar-refractivity contribution in [1.29, 1.82) is 0 Å². The van der Waals surface area contributed by atoms with Crippen molar-refractivity contribution in [1.82, 2.24) is 10.2 Å². The van der Waals surface area contributed by atoms with Crippen molar-refractivity contribution in [2.45, 2.75) is 39.0 Å². The molecule has 2 N–H and O–H groups in total. The van der Waals surface area contributed by atoms with Crippen LogP contribution in [-0.2, 0) is 19.1 Å². The predicted octanol–water partition coefficient (Wildman–Crippen LogP) is 2.20. The molecule has 0 spiro atoms. The van der Waals surface area contributed by atoms with E-state index in [1.807, 2.05) is 0 Å². The summed E-state index contributed by atoms with van der Waals surface area (Å²) in [6.07, 6.45) is 3.89. The molecule has 8 nitrogen and oxygen atoms in total. The number of ether oxygens (including phenoxy) is 2. The highest BCUT2D eigenvalue weighted by Crippen LogP contribution is 2.14. The van der Waals surface area contributed by atoms with Gasteiger partial charge in [-0.1, -0.05) is 19.8 Å². The lowest BCUT2D eigenvalue weighted by atomic mass is 10.2. The Labute approximate surface area is 172 Å². The van der Waals surface area contributed by atoms with Crippen molar-refractivity contribution in [3.63, 3.8) is 0 Å². The molecule has 3 amide bonds. The van der Waals surface area contributed by atoms with E-state index in [2.05, 4.69) is 17.6 Å². The van der Waals surface area contributed by atoms with Gasteiger partial charge in [0.05, 0.1) is 20.2 Å². The standard InChI is InChI=1S/C21H33N3O5/c1-4-5-6-8-21(27)24(13-7-14-28-2)16-20(26)22-15-19(25)23-17-9-11-18(29-3)12-10-17/h9-12H,4-8,13-16H2,1-3H3,(H,22,26)(H,23,25). The van der Waals surface area contributed by atoms with Gasteiger partial charge in [-0.2, -0.15) is 0 Å². The second-order valence-corrected chi connectivity index (χ2v) is 6.67. The summed E-state index contributed by atoms with van der Waals surface area (Å²) in [5.41, 5.74) is 0.609. The lowest BCUT2D eigenvalue weighted by Crippen LogP contribution is -2.43. The third-order valence-corrected chi connectivity index (χ3v) is 4.28. The van der Waals surface area contributed by atoms with Crippen LogP contribution in [0.25, 0.3) is 0 Å². The summed E-state index contributed by atoms with van der Waals surface area (Å²) in [7, 11) is 3.16. The number of hydrogen-bond donors (Lipinski definition) is 2. The number of anilines is 1. The number of rotatable bonds is 14. The number of nitrogens with zero attached hydrogens (tertiary/aromatic N) is 1. The van der Waals surface area contributed by atoms with Gasteiger partial charge in [0, 0.05) is 32.4 Å². The first-order valence-corrected chi connectivity index (χ1v) is 9.97. The summed E-state index contributed by atoms with van der Waals surface area (Å²) in [6.45, 7) is 2.81. The van der Waals surface area contributed by atoms with Crippen molar-refractivity contribution < 1.29 is 23.9 Å². The molecular weight excluding hydrogens is 374 g/mol. The lowest BCUT2D eigenvalue weighted by molar-refractivity contribution is -0.136. The van der Waals surface area contributed by atoms with Crippen LogP contribution < -0.4 is 15.4 Å². The maximum Gasteiger partial charge on any atom is 0.243 e. The van der Waals surface area contributed by atoms with Gasteiger partial charge in [0.1, 0.15) is 5.75 Å². The van der Waals surface area contributed by atoms with Gasteiger partial charge in [-0.25, -0.2) is 0 Å². The number of benzene rings is 1. The highest BCUT2D eigenvalue weighted by atomic mass is 16.5. The van der Waals surface area contributed by atoms with E-state index < -0.39 is 0 Å². The maximum atomic E-state index is 12.4. The number of amides is 3. The Kier molecular flexibility index (Phi) is 12.1. The van der Waals surface area contributed by atoms with Gasteiger partial charge in [0.15, 0.2) is 0 Å². The Morgan fingerprint density at radius 1 is 1.00 bits per heavy atom. The zero-order valence-electron chi connectivity index (χ0n) is 17.7. The minimum Gasteiger partial charge on any atom is -0.497 e. The van der Waals surface area contributed by atoms with Crippen LogP contribution >= 0.6 is 0 Å². The summed E-state index contributed by atoms with van der Waals surface area (Å²) >= 11 is 0. The quantitative estimate of drug-likeness (QED) is 0.461. The Morgan fingerprint density at radius 2 is 1.72 bits per heavy atom. The van der Waals surface area contributed by atoms with E-state index in [9.17, 15) is 14.4 Å². The van der Waals surface area contributed by atoms with Gasteiger partial charge in [-0.3, -0.25) is 14.4 Å². The molecule has 8 heteroatoms. The van der Waals surface area contributed by atoms with Gasteiger partial charge in [0.2, 0.25) is 17.7 Å². The Hall–Kier alpha value is -2.61. The molecule has 0 saturated heterocycles. The monoisotopic (exact) mass is 407 g/mol. The molecule has 0 heterocycles. The van der Waals surface area contributed by atoms with E-state index in [1.54, 1.807) is 38.5 Å². The fourth-order valence-corrected chi connectivity index (χ4v) is 2.66. The molecule has 0 saturated carbocycles. The SMILES string of the molecule is CCCCCC(=O)N(CCCOC)CC(=O)NCC(=O)Nc1ccc(OC)cc1. The van der Waals surface area contributed by atoms with Crippen LogP contribution in [0.2, 0.25) is 0 Å². The molecule has 0 aromatic heterocycles. The van der Waals surface area contributed by atoms with E-state index in [1.165, 1.54) is 4.90 Å². The second-order valence-electron chi connectivity index (χ2n) is 6.67. The molecule has 0 bridgehead atoms. The van der Waals surface area contributed by atoms with E-state index in [0.717, 1.165) is 19.3 Å². The number of carbonyl (C=O) groups is 3. The number of carbonyl (C=O) groups excluding carboxylic acids is 3. The third kappa shape index (κ3) is 10.5. The first-order valence-electron chi connectivity index (χ1n) is 9.97. The number of nitrogens with one attached hydrogen (secondary N) is 2. The normalized spacial score (nSPS) is 10.3. The molecule has 0 aliphatic rings. The van der Waals surface area contributed by atoms with Crippen LogP contribution in [0.1, 0.15) is 39.0 Å². The van der Waals surface area contributed by atoms with E-state index >= 15 is 0 Å². The Balaban J connectivity index is 2.46. The van der Waals surface area contributed by atoms with E-state index in [4.69, 9.17) is 9.47 Å². The zero-order chi connectivity index (χ0) is 21.5. The molecular formula is C21H33N3O5. The molecule has 29 heavy (non-hydrogen) atoms. The highest BCUT2D eigenvalue weighted by Gasteiger charge is 2.17. The van der Waals surface area contributed by atoms with Gasteiger partial charge >= 0.3 is 0 Å². The van der Waals surface area contributed by atoms with E-state index in [0.29, 0.717) is 37.4 Å². The highest BCUT2D eigenvalue weighted by molar-refractivity contribution is 5.95. The summed E-state index contributed by atoms with van der Waals surface area (Å²) in [6, 6.07) is 6.89. The van der Waals surface area contributed by atoms with Crippen LogP contribution in [0, 0.1) is 0 Å². The molecule has 0 atom stereocenters. The molecule has 1 aromatic carbocycles. The minimum absolute atomic E-state index is 0.0487. The molecule has 162 valence electrons. The predicted molar refractivity (Wildman–Crippen MR) is 112 cm³/mol.